The lowest BCUT2D eigenvalue weighted by Crippen LogP contribution is -2.17. The summed E-state index contributed by atoms with van der Waals surface area (Å²) in [4.78, 5) is 29.0. The third-order valence-corrected chi connectivity index (χ3v) is 5.81. The average molecular weight is 453 g/mol. The molecule has 0 radical (unpaired) electrons. The van der Waals surface area contributed by atoms with Crippen LogP contribution in [0.1, 0.15) is 37.5 Å². The summed E-state index contributed by atoms with van der Waals surface area (Å²) < 4.78 is 11.1. The molecular weight excluding hydrogens is 430 g/mol. The SMILES string of the molecule is Cc1ccc(NC(=O)c2ccc3c(c2)OCCO3)cc1Cc1ccc2cc(C(N)=O)ccc2n1. The molecule has 0 saturated carbocycles. The smallest absolute Gasteiger partial charge is 0.255 e. The highest BCUT2D eigenvalue weighted by atomic mass is 16.6. The first kappa shape index (κ1) is 21.5. The van der Waals surface area contributed by atoms with Crippen LogP contribution >= 0.6 is 0 Å². The number of hydrogen-bond donors (Lipinski definition) is 2. The third-order valence-electron chi connectivity index (χ3n) is 5.81. The average Bonchev–Trinajstić information content (AvgIpc) is 2.85. The largest absolute Gasteiger partial charge is 0.486 e. The number of carbonyl (C=O) groups is 2. The van der Waals surface area contributed by atoms with Crippen molar-refractivity contribution in [3.05, 3.63) is 94.7 Å². The molecule has 7 heteroatoms. The molecule has 0 bridgehead atoms. The van der Waals surface area contributed by atoms with Crippen LogP contribution in [0.15, 0.2) is 66.7 Å². The molecule has 2 amide bonds. The molecule has 1 aromatic heterocycles. The number of ether oxygens (including phenoxy) is 2. The van der Waals surface area contributed by atoms with Crippen LogP contribution < -0.4 is 20.5 Å². The van der Waals surface area contributed by atoms with Gasteiger partial charge < -0.3 is 20.5 Å². The number of aromatic nitrogens is 1. The molecule has 0 spiro atoms. The van der Waals surface area contributed by atoms with Crippen LogP contribution in [0, 0.1) is 6.92 Å². The van der Waals surface area contributed by atoms with Gasteiger partial charge in [0.05, 0.1) is 5.52 Å². The Bertz CT molecular complexity index is 1430. The van der Waals surface area contributed by atoms with Crippen LogP contribution in [0.2, 0.25) is 0 Å². The van der Waals surface area contributed by atoms with E-state index in [1.54, 1.807) is 36.4 Å². The van der Waals surface area contributed by atoms with Crippen molar-refractivity contribution in [2.75, 3.05) is 18.5 Å². The van der Waals surface area contributed by atoms with Gasteiger partial charge in [0.15, 0.2) is 11.5 Å². The van der Waals surface area contributed by atoms with Gasteiger partial charge in [-0.2, -0.15) is 0 Å². The number of benzene rings is 3. The van der Waals surface area contributed by atoms with Gasteiger partial charge in [0.2, 0.25) is 5.91 Å². The number of nitrogens with one attached hydrogen (secondary N) is 1. The summed E-state index contributed by atoms with van der Waals surface area (Å²) in [6, 6.07) is 20.1. The number of nitrogens with two attached hydrogens (primary N) is 1. The molecule has 2 heterocycles. The Hall–Kier alpha value is -4.39. The number of amides is 2. The molecule has 0 saturated heterocycles. The van der Waals surface area contributed by atoms with Crippen LogP contribution in [0.3, 0.4) is 0 Å². The number of nitrogens with zero attached hydrogens (tertiary/aromatic N) is 1. The third kappa shape index (κ3) is 4.41. The molecule has 0 atom stereocenters. The lowest BCUT2D eigenvalue weighted by Gasteiger charge is -2.18. The van der Waals surface area contributed by atoms with Gasteiger partial charge in [-0.25, -0.2) is 0 Å². The Labute approximate surface area is 196 Å². The topological polar surface area (TPSA) is 104 Å². The fourth-order valence-corrected chi connectivity index (χ4v) is 3.94. The molecular formula is C27H23N3O4. The first-order chi connectivity index (χ1) is 16.5. The summed E-state index contributed by atoms with van der Waals surface area (Å²) in [5, 5.41) is 3.82. The summed E-state index contributed by atoms with van der Waals surface area (Å²) in [5.41, 5.74) is 10.9. The number of aryl methyl sites for hydroxylation is 1. The van der Waals surface area contributed by atoms with Crippen molar-refractivity contribution < 1.29 is 19.1 Å². The lowest BCUT2D eigenvalue weighted by atomic mass is 10.0. The highest BCUT2D eigenvalue weighted by Gasteiger charge is 2.15. The molecule has 0 fully saturated rings. The number of primary amides is 1. The van der Waals surface area contributed by atoms with Crippen LogP contribution in [0.5, 0.6) is 11.5 Å². The first-order valence-corrected chi connectivity index (χ1v) is 11.0. The Balaban J connectivity index is 1.35. The monoisotopic (exact) mass is 453 g/mol. The highest BCUT2D eigenvalue weighted by Crippen LogP contribution is 2.31. The van der Waals surface area contributed by atoms with E-state index in [2.05, 4.69) is 5.32 Å². The van der Waals surface area contributed by atoms with Gasteiger partial charge in [-0.05, 0) is 72.6 Å². The highest BCUT2D eigenvalue weighted by molar-refractivity contribution is 6.04. The zero-order valence-corrected chi connectivity index (χ0v) is 18.6. The molecule has 7 nitrogen and oxygen atoms in total. The summed E-state index contributed by atoms with van der Waals surface area (Å²) in [6.07, 6.45) is 0.604. The van der Waals surface area contributed by atoms with Gasteiger partial charge in [-0.1, -0.05) is 12.1 Å². The second-order valence-electron chi connectivity index (χ2n) is 8.20. The van der Waals surface area contributed by atoms with E-state index < -0.39 is 5.91 Å². The Morgan fingerprint density at radius 3 is 2.53 bits per heavy atom. The van der Waals surface area contributed by atoms with Crippen molar-refractivity contribution in [2.45, 2.75) is 13.3 Å². The standard InChI is InChI=1S/C27H23N3O4/c1-16-2-6-22(30-27(32)19-5-9-24-25(15-19)34-11-10-33-24)14-20(16)13-21-7-3-17-12-18(26(28)31)4-8-23(17)29-21/h2-9,12,14-15H,10-11,13H2,1H3,(H2,28,31)(H,30,32). The maximum Gasteiger partial charge on any atom is 0.255 e. The van der Waals surface area contributed by atoms with Crippen molar-refractivity contribution in [1.29, 1.82) is 0 Å². The molecule has 4 aromatic rings. The minimum atomic E-state index is -0.461. The van der Waals surface area contributed by atoms with Crippen LogP contribution in [-0.4, -0.2) is 30.0 Å². The molecule has 5 rings (SSSR count). The fraction of sp³-hybridized carbons (Fsp3) is 0.148. The molecule has 3 aromatic carbocycles. The zero-order chi connectivity index (χ0) is 23.7. The number of carbonyl (C=O) groups excluding carboxylic acids is 2. The minimum Gasteiger partial charge on any atom is -0.486 e. The predicted molar refractivity (Wildman–Crippen MR) is 130 cm³/mol. The second-order valence-corrected chi connectivity index (χ2v) is 8.20. The van der Waals surface area contributed by atoms with Gasteiger partial charge in [-0.15, -0.1) is 0 Å². The van der Waals surface area contributed by atoms with E-state index in [0.717, 1.165) is 27.7 Å². The second kappa shape index (κ2) is 8.86. The molecule has 170 valence electrons. The van der Waals surface area contributed by atoms with Crippen LogP contribution in [0.4, 0.5) is 5.69 Å². The van der Waals surface area contributed by atoms with Gasteiger partial charge in [0.25, 0.3) is 5.91 Å². The molecule has 3 N–H and O–H groups in total. The Morgan fingerprint density at radius 2 is 1.71 bits per heavy atom. The molecule has 1 aliphatic heterocycles. The van der Waals surface area contributed by atoms with Crippen molar-refractivity contribution in [1.82, 2.24) is 4.98 Å². The van der Waals surface area contributed by atoms with E-state index in [0.29, 0.717) is 47.9 Å². The molecule has 0 aliphatic carbocycles. The minimum absolute atomic E-state index is 0.221. The van der Waals surface area contributed by atoms with Gasteiger partial charge in [0.1, 0.15) is 13.2 Å². The van der Waals surface area contributed by atoms with Crippen molar-refractivity contribution in [3.63, 3.8) is 0 Å². The van der Waals surface area contributed by atoms with Crippen LogP contribution in [-0.2, 0) is 6.42 Å². The maximum absolute atomic E-state index is 12.8. The molecule has 0 unspecified atom stereocenters. The van der Waals surface area contributed by atoms with Crippen molar-refractivity contribution >= 4 is 28.4 Å². The summed E-state index contributed by atoms with van der Waals surface area (Å²) in [7, 11) is 0. The van der Waals surface area contributed by atoms with E-state index in [4.69, 9.17) is 20.2 Å². The number of fused-ring (bicyclic) bond motifs is 2. The van der Waals surface area contributed by atoms with Gasteiger partial charge in [0, 0.05) is 34.3 Å². The summed E-state index contributed by atoms with van der Waals surface area (Å²) >= 11 is 0. The van der Waals surface area contributed by atoms with E-state index in [1.165, 1.54) is 0 Å². The zero-order valence-electron chi connectivity index (χ0n) is 18.6. The first-order valence-electron chi connectivity index (χ1n) is 11.0. The van der Waals surface area contributed by atoms with Crippen molar-refractivity contribution in [2.24, 2.45) is 5.73 Å². The van der Waals surface area contributed by atoms with E-state index in [1.807, 2.05) is 37.3 Å². The summed E-state index contributed by atoms with van der Waals surface area (Å²) in [6.45, 7) is 3.00. The predicted octanol–water partition coefficient (Wildman–Crippen LogP) is 4.26. The lowest BCUT2D eigenvalue weighted by molar-refractivity contribution is 0.0997. The van der Waals surface area contributed by atoms with E-state index in [-0.39, 0.29) is 5.91 Å². The quantitative estimate of drug-likeness (QED) is 0.470. The Kier molecular flexibility index (Phi) is 5.59. The normalized spacial score (nSPS) is 12.4. The number of hydrogen-bond acceptors (Lipinski definition) is 5. The van der Waals surface area contributed by atoms with Gasteiger partial charge in [-0.3, -0.25) is 14.6 Å². The van der Waals surface area contributed by atoms with E-state index >= 15 is 0 Å². The fourth-order valence-electron chi connectivity index (χ4n) is 3.94. The van der Waals surface area contributed by atoms with Crippen LogP contribution in [0.25, 0.3) is 10.9 Å². The summed E-state index contributed by atoms with van der Waals surface area (Å²) in [5.74, 6) is 0.542. The van der Waals surface area contributed by atoms with E-state index in [9.17, 15) is 9.59 Å². The molecule has 1 aliphatic rings. The molecule has 34 heavy (non-hydrogen) atoms. The number of anilines is 1. The number of rotatable bonds is 5. The number of pyridine rings is 1. The van der Waals surface area contributed by atoms with Gasteiger partial charge >= 0.3 is 0 Å². The Morgan fingerprint density at radius 1 is 0.912 bits per heavy atom. The maximum atomic E-state index is 12.8. The van der Waals surface area contributed by atoms with Crippen molar-refractivity contribution in [3.8, 4) is 11.5 Å².